The van der Waals surface area contributed by atoms with E-state index in [0.717, 1.165) is 59.1 Å². The Morgan fingerprint density at radius 3 is 2.22 bits per heavy atom. The van der Waals surface area contributed by atoms with E-state index in [1.807, 2.05) is 66.7 Å². The number of benzene rings is 3. The van der Waals surface area contributed by atoms with Crippen LogP contribution in [0.1, 0.15) is 80.0 Å². The molecule has 0 saturated carbocycles. The third kappa shape index (κ3) is 6.51. The summed E-state index contributed by atoms with van der Waals surface area (Å²) in [5.41, 5.74) is 3.77. The minimum absolute atomic E-state index is 0.0340. The molecule has 3 aromatic rings. The zero-order chi connectivity index (χ0) is 34.9. The van der Waals surface area contributed by atoms with Crippen molar-refractivity contribution in [1.82, 2.24) is 4.90 Å². The highest BCUT2D eigenvalue weighted by Crippen LogP contribution is 2.49. The fourth-order valence-electron chi connectivity index (χ4n) is 6.78. The second-order valence-electron chi connectivity index (χ2n) is 13.6. The molecule has 0 radical (unpaired) electrons. The van der Waals surface area contributed by atoms with Gasteiger partial charge < -0.3 is 19.3 Å². The van der Waals surface area contributed by atoms with Crippen molar-refractivity contribution in [2.24, 2.45) is 4.99 Å². The number of hydrogen-bond acceptors (Lipinski definition) is 9. The van der Waals surface area contributed by atoms with Crippen LogP contribution in [0.25, 0.3) is 0 Å². The average Bonchev–Trinajstić information content (AvgIpc) is 3.10. The number of nitrogens with zero attached hydrogens (tertiary/aromatic N) is 2. The Kier molecular flexibility index (Phi) is 9.73. The van der Waals surface area contributed by atoms with Crippen molar-refractivity contribution in [3.8, 4) is 5.75 Å². The van der Waals surface area contributed by atoms with Crippen molar-refractivity contribution in [3.05, 3.63) is 111 Å². The molecule has 3 aromatic carbocycles. The molecule has 1 N–H and O–H groups in total. The highest BCUT2D eigenvalue weighted by Gasteiger charge is 2.66. The van der Waals surface area contributed by atoms with Crippen molar-refractivity contribution in [1.29, 1.82) is 0 Å². The number of rotatable bonds is 9. The van der Waals surface area contributed by atoms with Crippen molar-refractivity contribution in [2.45, 2.75) is 76.0 Å². The van der Waals surface area contributed by atoms with Gasteiger partial charge in [-0.3, -0.25) is 14.5 Å². The molecule has 2 aliphatic heterocycles. The van der Waals surface area contributed by atoms with Crippen LogP contribution in [0.5, 0.6) is 5.75 Å². The predicted molar refractivity (Wildman–Crippen MR) is 188 cm³/mol. The first-order valence-electron chi connectivity index (χ1n) is 16.6. The first-order chi connectivity index (χ1) is 23.5. The number of carbonyl (C=O) groups excluding carboxylic acids is 3. The van der Waals surface area contributed by atoms with Crippen LogP contribution in [0.15, 0.2) is 83.0 Å². The molecule has 1 fully saturated rings. The number of hydrogen-bond donors (Lipinski definition) is 1. The molecule has 1 aliphatic carbocycles. The van der Waals surface area contributed by atoms with E-state index in [4.69, 9.17) is 19.2 Å². The SMILES string of the molecule is CO[C@@]1(N=Cc2cc(C(C)(C)C)c(O)c3c2CCCC3)C(=O)N2C(C(=O)OC(c3ccccc3)c3ccccc3)=C(COC(C)=O)CS[C@@H]21. The maximum atomic E-state index is 14.2. The van der Waals surface area contributed by atoms with Crippen molar-refractivity contribution in [3.63, 3.8) is 0 Å². The molecule has 6 rings (SSSR count). The number of phenolic OH excluding ortho intramolecular Hbond substituents is 1. The van der Waals surface area contributed by atoms with Gasteiger partial charge in [0.25, 0.3) is 11.6 Å². The first kappa shape index (κ1) is 34.5. The van der Waals surface area contributed by atoms with Crippen LogP contribution in [-0.2, 0) is 46.9 Å². The molecular formula is C39H42N2O7S. The van der Waals surface area contributed by atoms with Crippen LogP contribution in [0.4, 0.5) is 0 Å². The van der Waals surface area contributed by atoms with Gasteiger partial charge in [0.2, 0.25) is 0 Å². The zero-order valence-electron chi connectivity index (χ0n) is 28.5. The van der Waals surface area contributed by atoms with Crippen molar-refractivity contribution in [2.75, 3.05) is 19.5 Å². The lowest BCUT2D eigenvalue weighted by Crippen LogP contribution is -2.73. The highest BCUT2D eigenvalue weighted by molar-refractivity contribution is 8.00. The standard InChI is InChI=1S/C39H42N2O7S/c1-24(42)47-22-28-23-49-37-39(46-5,40-21-27-20-31(38(2,3)4)33(43)30-19-13-12-18-29(27)30)36(45)41(37)32(28)35(44)48-34(25-14-8-6-9-15-25)26-16-10-7-11-17-26/h6-11,14-17,20-21,34,37,43H,12-13,18-19,22-23H2,1-5H3/t37-,39+/m1/s1. The number of aromatic hydroxyl groups is 1. The molecule has 49 heavy (non-hydrogen) atoms. The molecule has 0 unspecified atom stereocenters. The summed E-state index contributed by atoms with van der Waals surface area (Å²) in [5.74, 6) is -1.11. The lowest BCUT2D eigenvalue weighted by Gasteiger charge is -2.54. The monoisotopic (exact) mass is 682 g/mol. The Bertz CT molecular complexity index is 1780. The van der Waals surface area contributed by atoms with Gasteiger partial charge in [0.15, 0.2) is 6.10 Å². The molecule has 3 aliphatic rings. The number of amides is 1. The van der Waals surface area contributed by atoms with Crippen molar-refractivity contribution < 1.29 is 33.7 Å². The quantitative estimate of drug-likeness (QED) is 0.157. The summed E-state index contributed by atoms with van der Waals surface area (Å²) in [7, 11) is 1.44. The van der Waals surface area contributed by atoms with E-state index in [2.05, 4.69) is 20.8 Å². The van der Waals surface area contributed by atoms with Crippen LogP contribution in [0, 0.1) is 0 Å². The summed E-state index contributed by atoms with van der Waals surface area (Å²) in [4.78, 5) is 46.5. The van der Waals surface area contributed by atoms with Gasteiger partial charge in [0.1, 0.15) is 23.4 Å². The number of aliphatic imine (C=N–C) groups is 1. The van der Waals surface area contributed by atoms with Crippen LogP contribution >= 0.6 is 11.8 Å². The average molecular weight is 683 g/mol. The first-order valence-corrected chi connectivity index (χ1v) is 17.6. The van der Waals surface area contributed by atoms with Gasteiger partial charge in [0.05, 0.1) is 0 Å². The van der Waals surface area contributed by atoms with Crippen molar-refractivity contribution >= 4 is 35.8 Å². The number of esters is 2. The Hall–Kier alpha value is -4.41. The van der Waals surface area contributed by atoms with Crippen LogP contribution in [0.2, 0.25) is 0 Å². The lowest BCUT2D eigenvalue weighted by molar-refractivity contribution is -0.183. The van der Waals surface area contributed by atoms with Gasteiger partial charge in [-0.05, 0) is 65.0 Å². The second-order valence-corrected chi connectivity index (χ2v) is 14.7. The van der Waals surface area contributed by atoms with Gasteiger partial charge in [0, 0.05) is 37.1 Å². The van der Waals surface area contributed by atoms with E-state index in [-0.39, 0.29) is 23.5 Å². The summed E-state index contributed by atoms with van der Waals surface area (Å²) in [6, 6.07) is 20.7. The van der Waals surface area contributed by atoms with E-state index in [1.165, 1.54) is 30.7 Å². The smallest absolute Gasteiger partial charge is 0.356 e. The van der Waals surface area contributed by atoms with Gasteiger partial charge >= 0.3 is 11.9 Å². The largest absolute Gasteiger partial charge is 0.507 e. The minimum Gasteiger partial charge on any atom is -0.507 e. The van der Waals surface area contributed by atoms with Gasteiger partial charge in [-0.15, -0.1) is 11.8 Å². The van der Waals surface area contributed by atoms with E-state index in [0.29, 0.717) is 11.3 Å². The highest BCUT2D eigenvalue weighted by atomic mass is 32.2. The number of ether oxygens (including phenoxy) is 3. The Morgan fingerprint density at radius 1 is 1.04 bits per heavy atom. The third-order valence-electron chi connectivity index (χ3n) is 9.33. The molecule has 1 amide bonds. The molecule has 9 nitrogen and oxygen atoms in total. The Labute approximate surface area is 291 Å². The molecule has 2 heterocycles. The normalized spacial score (nSPS) is 20.6. The lowest BCUT2D eigenvalue weighted by atomic mass is 9.79. The number of fused-ring (bicyclic) bond motifs is 2. The van der Waals surface area contributed by atoms with Crippen LogP contribution in [-0.4, -0.2) is 64.6 Å². The molecule has 0 spiro atoms. The number of phenols is 1. The fraction of sp³-hybridized carbons (Fsp3) is 0.385. The number of methoxy groups -OCH3 is 1. The molecular weight excluding hydrogens is 641 g/mol. The molecule has 10 heteroatoms. The number of carbonyl (C=O) groups is 3. The number of thioether (sulfide) groups is 1. The summed E-state index contributed by atoms with van der Waals surface area (Å²) in [5, 5.41) is 10.5. The summed E-state index contributed by atoms with van der Waals surface area (Å²) >= 11 is 1.38. The van der Waals surface area contributed by atoms with Crippen LogP contribution < -0.4 is 0 Å². The van der Waals surface area contributed by atoms with Gasteiger partial charge in [-0.2, -0.15) is 0 Å². The summed E-state index contributed by atoms with van der Waals surface area (Å²) < 4.78 is 17.4. The second kappa shape index (κ2) is 13.8. The van der Waals surface area contributed by atoms with E-state index in [1.54, 1.807) is 6.21 Å². The maximum absolute atomic E-state index is 14.2. The molecule has 1 saturated heterocycles. The molecule has 0 bridgehead atoms. The number of β-lactam (4-membered cyclic amide) rings is 1. The molecule has 256 valence electrons. The Morgan fingerprint density at radius 2 is 1.65 bits per heavy atom. The predicted octanol–water partition coefficient (Wildman–Crippen LogP) is 6.40. The molecule has 2 atom stereocenters. The van der Waals surface area contributed by atoms with Gasteiger partial charge in [-0.25, -0.2) is 9.79 Å². The topological polar surface area (TPSA) is 115 Å². The Balaban J connectivity index is 1.36. The van der Waals surface area contributed by atoms with E-state index < -0.39 is 35.0 Å². The fourth-order valence-corrected chi connectivity index (χ4v) is 8.19. The zero-order valence-corrected chi connectivity index (χ0v) is 29.3. The van der Waals surface area contributed by atoms with Gasteiger partial charge in [-0.1, -0.05) is 81.4 Å². The third-order valence-corrected chi connectivity index (χ3v) is 10.7. The summed E-state index contributed by atoms with van der Waals surface area (Å²) in [6.07, 6.45) is 4.52. The minimum atomic E-state index is -1.59. The van der Waals surface area contributed by atoms with Crippen LogP contribution in [0.3, 0.4) is 0 Å². The van der Waals surface area contributed by atoms with E-state index >= 15 is 0 Å². The molecule has 0 aromatic heterocycles. The summed E-state index contributed by atoms with van der Waals surface area (Å²) in [6.45, 7) is 7.30. The maximum Gasteiger partial charge on any atom is 0.356 e. The van der Waals surface area contributed by atoms with E-state index in [9.17, 15) is 19.5 Å².